The number of aromatic nitrogens is 4. The maximum absolute atomic E-state index is 13.0. The maximum atomic E-state index is 13.0. The summed E-state index contributed by atoms with van der Waals surface area (Å²) in [5.74, 6) is 0.526. The first-order chi connectivity index (χ1) is 15.4. The van der Waals surface area contributed by atoms with E-state index in [0.29, 0.717) is 34.5 Å². The number of amides is 1. The van der Waals surface area contributed by atoms with Gasteiger partial charge in [0.15, 0.2) is 0 Å². The van der Waals surface area contributed by atoms with E-state index in [1.54, 1.807) is 31.2 Å². The molecule has 0 aliphatic rings. The quantitative estimate of drug-likeness (QED) is 0.396. The molecule has 164 valence electrons. The van der Waals surface area contributed by atoms with E-state index in [0.717, 1.165) is 5.56 Å². The van der Waals surface area contributed by atoms with Crippen LogP contribution in [0.1, 0.15) is 28.8 Å². The number of rotatable bonds is 7. The molecule has 9 heteroatoms. The van der Waals surface area contributed by atoms with Gasteiger partial charge in [-0.25, -0.2) is 4.98 Å². The highest BCUT2D eigenvalue weighted by molar-refractivity contribution is 6.30. The molecule has 0 radical (unpaired) electrons. The molecule has 0 spiro atoms. The van der Waals surface area contributed by atoms with Crippen molar-refractivity contribution in [2.24, 2.45) is 0 Å². The number of halogens is 1. The summed E-state index contributed by atoms with van der Waals surface area (Å²) in [6, 6.07) is 15.1. The summed E-state index contributed by atoms with van der Waals surface area (Å²) >= 11 is 5.95. The molecule has 32 heavy (non-hydrogen) atoms. The number of hydrogen-bond donors (Lipinski definition) is 3. The zero-order valence-corrected chi connectivity index (χ0v) is 18.5. The summed E-state index contributed by atoms with van der Waals surface area (Å²) in [6.07, 6.45) is 0.404. The Bertz CT molecular complexity index is 1330. The number of carbonyl (C=O) groups excluding carboxylic acids is 1. The van der Waals surface area contributed by atoms with Crippen LogP contribution in [-0.4, -0.2) is 25.5 Å². The smallest absolute Gasteiger partial charge is 0.277 e. The van der Waals surface area contributed by atoms with Gasteiger partial charge in [-0.05, 0) is 44.0 Å². The Morgan fingerprint density at radius 1 is 1.12 bits per heavy atom. The van der Waals surface area contributed by atoms with Crippen molar-refractivity contribution in [2.75, 3.05) is 10.6 Å². The van der Waals surface area contributed by atoms with Crippen molar-refractivity contribution in [3.8, 4) is 0 Å². The zero-order chi connectivity index (χ0) is 22.7. The zero-order valence-electron chi connectivity index (χ0n) is 17.8. The van der Waals surface area contributed by atoms with Crippen LogP contribution in [0.25, 0.3) is 5.78 Å². The topological polar surface area (TPSA) is 104 Å². The van der Waals surface area contributed by atoms with Crippen LogP contribution in [0.3, 0.4) is 0 Å². The molecule has 0 fully saturated rings. The van der Waals surface area contributed by atoms with Crippen LogP contribution in [0.5, 0.6) is 0 Å². The predicted molar refractivity (Wildman–Crippen MR) is 125 cm³/mol. The minimum atomic E-state index is -0.265. The monoisotopic (exact) mass is 450 g/mol. The minimum Gasteiger partial charge on any atom is -0.351 e. The van der Waals surface area contributed by atoms with E-state index in [1.165, 1.54) is 10.1 Å². The van der Waals surface area contributed by atoms with Crippen molar-refractivity contribution in [1.29, 1.82) is 0 Å². The molecule has 0 saturated carbocycles. The number of nitrogens with one attached hydrogen (secondary N) is 3. The third-order valence-electron chi connectivity index (χ3n) is 5.09. The van der Waals surface area contributed by atoms with Gasteiger partial charge in [-0.15, -0.1) is 0 Å². The summed E-state index contributed by atoms with van der Waals surface area (Å²) in [4.78, 5) is 34.1. The number of carbonyl (C=O) groups is 1. The van der Waals surface area contributed by atoms with E-state index in [4.69, 9.17) is 11.6 Å². The number of H-pyrrole nitrogens is 1. The lowest BCUT2D eigenvalue weighted by molar-refractivity contribution is -0.116. The molecule has 4 aromatic rings. The predicted octanol–water partition coefficient (Wildman–Crippen LogP) is 3.87. The van der Waals surface area contributed by atoms with Crippen molar-refractivity contribution in [1.82, 2.24) is 19.6 Å². The molecule has 3 N–H and O–H groups in total. The summed E-state index contributed by atoms with van der Waals surface area (Å²) < 4.78 is 1.30. The fourth-order valence-corrected chi connectivity index (χ4v) is 3.53. The van der Waals surface area contributed by atoms with Crippen LogP contribution < -0.4 is 16.2 Å². The summed E-state index contributed by atoms with van der Waals surface area (Å²) in [5, 5.41) is 9.45. The number of benzene rings is 2. The molecule has 0 atom stereocenters. The Balaban J connectivity index is 1.45. The van der Waals surface area contributed by atoms with E-state index >= 15 is 0 Å². The highest BCUT2D eigenvalue weighted by Gasteiger charge is 2.15. The van der Waals surface area contributed by atoms with Gasteiger partial charge in [0.1, 0.15) is 0 Å². The van der Waals surface area contributed by atoms with Crippen molar-refractivity contribution in [2.45, 2.75) is 33.2 Å². The fourth-order valence-electron chi connectivity index (χ4n) is 3.34. The van der Waals surface area contributed by atoms with E-state index in [9.17, 15) is 9.59 Å². The van der Waals surface area contributed by atoms with E-state index in [1.807, 2.05) is 31.2 Å². The lowest BCUT2D eigenvalue weighted by atomic mass is 10.1. The Hall–Kier alpha value is -3.65. The van der Waals surface area contributed by atoms with Gasteiger partial charge in [-0.3, -0.25) is 14.7 Å². The van der Waals surface area contributed by atoms with Crippen LogP contribution >= 0.6 is 11.6 Å². The molecule has 0 unspecified atom stereocenters. The second kappa shape index (κ2) is 9.23. The normalized spacial score (nSPS) is 11.0. The molecular formula is C23H23ClN6O2. The van der Waals surface area contributed by atoms with E-state index < -0.39 is 0 Å². The molecular weight excluding hydrogens is 428 g/mol. The van der Waals surface area contributed by atoms with E-state index in [-0.39, 0.29) is 30.1 Å². The van der Waals surface area contributed by atoms with E-state index in [2.05, 4.69) is 25.7 Å². The van der Waals surface area contributed by atoms with Gasteiger partial charge in [-0.1, -0.05) is 47.5 Å². The molecule has 0 aliphatic carbocycles. The highest BCUT2D eigenvalue weighted by atomic mass is 35.5. The first-order valence-corrected chi connectivity index (χ1v) is 10.6. The van der Waals surface area contributed by atoms with Gasteiger partial charge in [0.2, 0.25) is 11.9 Å². The molecule has 0 bridgehead atoms. The van der Waals surface area contributed by atoms with Gasteiger partial charge in [0, 0.05) is 29.2 Å². The standard InChI is InChI=1S/C23H23ClN6O2/c1-14-6-8-16(9-7-14)13-25-22-28-23-26-15(2)19(21(32)30(23)29-22)10-11-20(31)27-18-5-3-4-17(24)12-18/h3-9,12H,10-11,13H2,1-2H3,(H,27,31)(H2,25,26,28,29). The third kappa shape index (κ3) is 4.97. The molecule has 0 saturated heterocycles. The number of hydrogen-bond acceptors (Lipinski definition) is 5. The van der Waals surface area contributed by atoms with Crippen LogP contribution in [0.15, 0.2) is 53.3 Å². The maximum Gasteiger partial charge on any atom is 0.277 e. The molecule has 0 aliphatic heterocycles. The van der Waals surface area contributed by atoms with Crippen LogP contribution in [0.2, 0.25) is 5.02 Å². The third-order valence-corrected chi connectivity index (χ3v) is 5.32. The summed E-state index contributed by atoms with van der Waals surface area (Å²) in [6.45, 7) is 4.35. The first-order valence-electron chi connectivity index (χ1n) is 10.2. The number of nitrogens with zero attached hydrogens (tertiary/aromatic N) is 3. The van der Waals surface area contributed by atoms with Crippen molar-refractivity contribution < 1.29 is 4.79 Å². The Morgan fingerprint density at radius 3 is 2.66 bits per heavy atom. The molecule has 1 amide bonds. The Labute approximate surface area is 189 Å². The molecule has 8 nitrogen and oxygen atoms in total. The van der Waals surface area contributed by atoms with Gasteiger partial charge in [0.25, 0.3) is 11.3 Å². The lowest BCUT2D eigenvalue weighted by Crippen LogP contribution is -2.23. The molecule has 2 aromatic carbocycles. The van der Waals surface area contributed by atoms with Gasteiger partial charge < -0.3 is 10.6 Å². The van der Waals surface area contributed by atoms with Crippen molar-refractivity contribution >= 4 is 34.9 Å². The van der Waals surface area contributed by atoms with Crippen LogP contribution in [0, 0.1) is 13.8 Å². The van der Waals surface area contributed by atoms with Gasteiger partial charge >= 0.3 is 0 Å². The van der Waals surface area contributed by atoms with Crippen molar-refractivity contribution in [3.63, 3.8) is 0 Å². The van der Waals surface area contributed by atoms with Gasteiger partial charge in [0.05, 0.1) is 5.69 Å². The largest absolute Gasteiger partial charge is 0.351 e. The molecule has 2 heterocycles. The second-order valence-corrected chi connectivity index (χ2v) is 8.02. The Kier molecular flexibility index (Phi) is 6.23. The van der Waals surface area contributed by atoms with Crippen LogP contribution in [0.4, 0.5) is 11.6 Å². The lowest BCUT2D eigenvalue weighted by Gasteiger charge is -2.07. The SMILES string of the molecule is Cc1ccc(CNc2nc3nc(C)c(CCC(=O)Nc4cccc(Cl)c4)c(=O)n3[nH]2)cc1. The highest BCUT2D eigenvalue weighted by Crippen LogP contribution is 2.15. The summed E-state index contributed by atoms with van der Waals surface area (Å²) in [5.41, 5.74) is 3.66. The first kappa shape index (κ1) is 21.6. The average molecular weight is 451 g/mol. The fraction of sp³-hybridized carbons (Fsp3) is 0.217. The number of anilines is 2. The number of aromatic amines is 1. The number of fused-ring (bicyclic) bond motifs is 1. The summed E-state index contributed by atoms with van der Waals surface area (Å²) in [7, 11) is 0. The molecule has 4 rings (SSSR count). The van der Waals surface area contributed by atoms with Crippen LogP contribution in [-0.2, 0) is 17.8 Å². The Morgan fingerprint density at radius 2 is 1.91 bits per heavy atom. The van der Waals surface area contributed by atoms with Gasteiger partial charge in [-0.2, -0.15) is 9.50 Å². The van der Waals surface area contributed by atoms with Crippen molar-refractivity contribution in [3.05, 3.63) is 86.3 Å². The minimum absolute atomic E-state index is 0.142. The average Bonchev–Trinajstić information content (AvgIpc) is 3.16. The number of aryl methyl sites for hydroxylation is 2. The molecule has 2 aromatic heterocycles. The second-order valence-electron chi connectivity index (χ2n) is 7.59.